The Bertz CT molecular complexity index is 743. The van der Waals surface area contributed by atoms with Gasteiger partial charge < -0.3 is 4.74 Å². The molecule has 0 radical (unpaired) electrons. The van der Waals surface area contributed by atoms with Gasteiger partial charge in [0.25, 0.3) is 0 Å². The number of benzene rings is 1. The molecule has 1 amide bonds. The summed E-state index contributed by atoms with van der Waals surface area (Å²) in [6.07, 6.45) is 0.841. The number of nitrogens with one attached hydrogen (secondary N) is 1. The van der Waals surface area contributed by atoms with Crippen molar-refractivity contribution in [1.29, 1.82) is 0 Å². The molecule has 0 aliphatic heterocycles. The van der Waals surface area contributed by atoms with Gasteiger partial charge in [0, 0.05) is 29.0 Å². The van der Waals surface area contributed by atoms with Gasteiger partial charge in [0.2, 0.25) is 5.91 Å². The molecule has 0 saturated heterocycles. The van der Waals surface area contributed by atoms with E-state index >= 15 is 0 Å². The number of methoxy groups -OCH3 is 1. The lowest BCUT2D eigenvalue weighted by Gasteiger charge is -2.13. The zero-order chi connectivity index (χ0) is 17.0. The van der Waals surface area contributed by atoms with E-state index in [0.29, 0.717) is 16.8 Å². The zero-order valence-corrected chi connectivity index (χ0v) is 13.6. The Morgan fingerprint density at radius 2 is 2.04 bits per heavy atom. The first-order chi connectivity index (χ1) is 11.0. The highest BCUT2D eigenvalue weighted by Gasteiger charge is 2.21. The van der Waals surface area contributed by atoms with Crippen LogP contribution in [0.15, 0.2) is 24.3 Å². The minimum atomic E-state index is -0.471. The molecule has 3 N–H and O–H groups in total. The summed E-state index contributed by atoms with van der Waals surface area (Å²) in [6.45, 7) is 3.73. The van der Waals surface area contributed by atoms with E-state index in [1.807, 2.05) is 24.5 Å². The molecular weight excluding hydrogens is 294 g/mol. The van der Waals surface area contributed by atoms with Gasteiger partial charge in [-0.05, 0) is 24.6 Å². The number of ketones is 1. The molecule has 2 rings (SSSR count). The van der Waals surface area contributed by atoms with E-state index < -0.39 is 5.92 Å². The largest absolute Gasteiger partial charge is 0.494 e. The lowest BCUT2D eigenvalue weighted by molar-refractivity contribution is -0.121. The molecule has 0 aliphatic carbocycles. The van der Waals surface area contributed by atoms with Crippen LogP contribution in [0.25, 0.3) is 10.9 Å². The molecule has 1 heterocycles. The van der Waals surface area contributed by atoms with Crippen LogP contribution in [-0.4, -0.2) is 23.8 Å². The van der Waals surface area contributed by atoms with Crippen LogP contribution in [-0.2, 0) is 11.2 Å². The number of carbonyl (C=O) groups excluding carboxylic acids is 2. The minimum Gasteiger partial charge on any atom is -0.494 e. The monoisotopic (exact) mass is 315 g/mol. The summed E-state index contributed by atoms with van der Waals surface area (Å²) in [5, 5.41) is 0.728. The second-order valence-electron chi connectivity index (χ2n) is 5.40. The van der Waals surface area contributed by atoms with Gasteiger partial charge >= 0.3 is 0 Å². The first-order valence-corrected chi connectivity index (χ1v) is 7.52. The topological polar surface area (TPSA) is 94.3 Å². The van der Waals surface area contributed by atoms with Gasteiger partial charge in [-0.25, -0.2) is 10.8 Å². The number of hydrazine groups is 1. The molecule has 122 valence electrons. The van der Waals surface area contributed by atoms with Gasteiger partial charge in [-0.2, -0.15) is 0 Å². The number of carbonyl (C=O) groups is 2. The maximum Gasteiger partial charge on any atom is 0.234 e. The summed E-state index contributed by atoms with van der Waals surface area (Å²) >= 11 is 0. The van der Waals surface area contributed by atoms with Crippen LogP contribution in [0.3, 0.4) is 0 Å². The highest BCUT2D eigenvalue weighted by molar-refractivity contribution is 6.10. The van der Waals surface area contributed by atoms with Crippen molar-refractivity contribution in [3.8, 4) is 5.75 Å². The summed E-state index contributed by atoms with van der Waals surface area (Å²) in [5.41, 5.74) is 4.17. The molecule has 0 bridgehead atoms. The Labute approximate surface area is 135 Å². The van der Waals surface area contributed by atoms with E-state index in [2.05, 4.69) is 4.98 Å². The number of aromatic nitrogens is 1. The van der Waals surface area contributed by atoms with Gasteiger partial charge in [-0.15, -0.1) is 0 Å². The summed E-state index contributed by atoms with van der Waals surface area (Å²) in [7, 11) is 1.57. The third kappa shape index (κ3) is 3.48. The maximum absolute atomic E-state index is 12.7. The molecule has 1 atom stereocenters. The second kappa shape index (κ2) is 7.19. The van der Waals surface area contributed by atoms with E-state index in [-0.39, 0.29) is 18.1 Å². The van der Waals surface area contributed by atoms with Crippen molar-refractivity contribution >= 4 is 22.6 Å². The number of hydrogen-bond acceptors (Lipinski definition) is 5. The Kier molecular flexibility index (Phi) is 5.28. The van der Waals surface area contributed by atoms with Crippen molar-refractivity contribution in [2.24, 2.45) is 11.8 Å². The Balaban J connectivity index is 2.49. The van der Waals surface area contributed by atoms with Crippen LogP contribution in [0.1, 0.15) is 36.3 Å². The zero-order valence-electron chi connectivity index (χ0n) is 13.6. The fourth-order valence-electron chi connectivity index (χ4n) is 2.50. The van der Waals surface area contributed by atoms with Gasteiger partial charge in [-0.1, -0.05) is 19.9 Å². The molecule has 2 aromatic rings. The number of amides is 1. The predicted octanol–water partition coefficient (Wildman–Crippen LogP) is 2.00. The van der Waals surface area contributed by atoms with Gasteiger partial charge in [0.15, 0.2) is 5.78 Å². The molecule has 0 fully saturated rings. The number of pyridine rings is 1. The normalized spacial score (nSPS) is 12.0. The summed E-state index contributed by atoms with van der Waals surface area (Å²) in [6, 6.07) is 7.23. The highest BCUT2D eigenvalue weighted by atomic mass is 16.5. The molecule has 1 unspecified atom stereocenters. The molecule has 0 spiro atoms. The lowest BCUT2D eigenvalue weighted by atomic mass is 9.93. The standard InChI is InChI=1S/C17H21N3O3/c1-4-11-5-6-12-13(7-8-14(23-3)16(12)19-11)17(22)10(2)9-15(21)20-18/h5-8,10H,4,9,18H2,1-3H3,(H,20,21). The number of ether oxygens (including phenoxy) is 1. The van der Waals surface area contributed by atoms with Gasteiger partial charge in [-0.3, -0.25) is 15.0 Å². The van der Waals surface area contributed by atoms with Crippen molar-refractivity contribution in [1.82, 2.24) is 10.4 Å². The Morgan fingerprint density at radius 3 is 2.65 bits per heavy atom. The molecule has 23 heavy (non-hydrogen) atoms. The minimum absolute atomic E-state index is 0.0450. The van der Waals surface area contributed by atoms with Crippen LogP contribution in [0, 0.1) is 5.92 Å². The lowest BCUT2D eigenvalue weighted by Crippen LogP contribution is -2.32. The number of Topliss-reactive ketones (excluding diaryl/α,β-unsaturated/α-hetero) is 1. The number of nitrogens with zero attached hydrogens (tertiary/aromatic N) is 1. The van der Waals surface area contributed by atoms with Crippen LogP contribution < -0.4 is 16.0 Å². The first-order valence-electron chi connectivity index (χ1n) is 7.52. The third-order valence-corrected chi connectivity index (χ3v) is 3.83. The van der Waals surface area contributed by atoms with Crippen molar-refractivity contribution < 1.29 is 14.3 Å². The van der Waals surface area contributed by atoms with Crippen molar-refractivity contribution in [3.05, 3.63) is 35.5 Å². The molecule has 6 heteroatoms. The average molecular weight is 315 g/mol. The SMILES string of the molecule is CCc1ccc2c(C(=O)C(C)CC(=O)NN)ccc(OC)c2n1. The van der Waals surface area contributed by atoms with E-state index in [1.165, 1.54) is 0 Å². The van der Waals surface area contributed by atoms with Crippen LogP contribution in [0.5, 0.6) is 5.75 Å². The summed E-state index contributed by atoms with van der Waals surface area (Å²) < 4.78 is 5.35. The van der Waals surface area contributed by atoms with Gasteiger partial charge in [0.1, 0.15) is 11.3 Å². The quantitative estimate of drug-likeness (QED) is 0.368. The van der Waals surface area contributed by atoms with Crippen molar-refractivity contribution in [2.75, 3.05) is 7.11 Å². The second-order valence-corrected chi connectivity index (χ2v) is 5.40. The van der Waals surface area contributed by atoms with Crippen molar-refractivity contribution in [3.63, 3.8) is 0 Å². The number of hydrogen-bond donors (Lipinski definition) is 2. The van der Waals surface area contributed by atoms with E-state index in [9.17, 15) is 9.59 Å². The average Bonchev–Trinajstić information content (AvgIpc) is 2.59. The van der Waals surface area contributed by atoms with Gasteiger partial charge in [0.05, 0.1) is 7.11 Å². The Morgan fingerprint density at radius 1 is 1.30 bits per heavy atom. The highest BCUT2D eigenvalue weighted by Crippen LogP contribution is 2.29. The van der Waals surface area contributed by atoms with E-state index in [1.54, 1.807) is 26.2 Å². The Hall–Kier alpha value is -2.47. The molecule has 6 nitrogen and oxygen atoms in total. The van der Waals surface area contributed by atoms with Crippen molar-refractivity contribution in [2.45, 2.75) is 26.7 Å². The number of aryl methyl sites for hydroxylation is 1. The van der Waals surface area contributed by atoms with Crippen LogP contribution >= 0.6 is 0 Å². The molecule has 1 aromatic heterocycles. The fourth-order valence-corrected chi connectivity index (χ4v) is 2.50. The predicted molar refractivity (Wildman–Crippen MR) is 88.1 cm³/mol. The fraction of sp³-hybridized carbons (Fsp3) is 0.353. The van der Waals surface area contributed by atoms with E-state index in [0.717, 1.165) is 17.5 Å². The first kappa shape index (κ1) is 16.9. The van der Waals surface area contributed by atoms with Crippen LogP contribution in [0.4, 0.5) is 0 Å². The maximum atomic E-state index is 12.7. The van der Waals surface area contributed by atoms with Crippen LogP contribution in [0.2, 0.25) is 0 Å². The molecular formula is C17H21N3O3. The smallest absolute Gasteiger partial charge is 0.234 e. The number of rotatable bonds is 6. The molecule has 1 aromatic carbocycles. The molecule has 0 saturated carbocycles. The number of fused-ring (bicyclic) bond motifs is 1. The summed E-state index contributed by atoms with van der Waals surface area (Å²) in [4.78, 5) is 28.6. The molecule has 0 aliphatic rings. The number of nitrogens with two attached hydrogens (primary N) is 1. The van der Waals surface area contributed by atoms with E-state index in [4.69, 9.17) is 10.6 Å². The summed E-state index contributed by atoms with van der Waals surface area (Å²) in [5.74, 6) is 4.75. The third-order valence-electron chi connectivity index (χ3n) is 3.83.